The van der Waals surface area contributed by atoms with Gasteiger partial charge in [0.15, 0.2) is 0 Å². The molecule has 2 aliphatic heterocycles. The number of ether oxygens (including phenoxy) is 1. The molecule has 0 aliphatic carbocycles. The predicted octanol–water partition coefficient (Wildman–Crippen LogP) is 1.61. The van der Waals surface area contributed by atoms with Crippen LogP contribution in [0.4, 0.5) is 4.79 Å². The van der Waals surface area contributed by atoms with Crippen molar-refractivity contribution < 1.29 is 9.53 Å². The number of amides is 1. The first kappa shape index (κ1) is 11.7. The highest BCUT2D eigenvalue weighted by Gasteiger charge is 2.35. The fourth-order valence-electron chi connectivity index (χ4n) is 2.52. The maximum atomic E-state index is 11.9. The lowest BCUT2D eigenvalue weighted by atomic mass is 9.93. The summed E-state index contributed by atoms with van der Waals surface area (Å²) in [7, 11) is 0. The Hall–Kier alpha value is -0.770. The molecule has 0 bridgehead atoms. The first-order valence-corrected chi connectivity index (χ1v) is 6.17. The average Bonchev–Trinajstić information content (AvgIpc) is 2.61. The van der Waals surface area contributed by atoms with Crippen molar-refractivity contribution in [3.8, 4) is 0 Å². The first-order valence-electron chi connectivity index (χ1n) is 6.17. The summed E-state index contributed by atoms with van der Waals surface area (Å²) in [6.45, 7) is 8.47. The molecule has 16 heavy (non-hydrogen) atoms. The van der Waals surface area contributed by atoms with Gasteiger partial charge >= 0.3 is 6.09 Å². The number of hydrogen-bond donors (Lipinski definition) is 1. The molecule has 0 aromatic carbocycles. The van der Waals surface area contributed by atoms with Gasteiger partial charge in [-0.05, 0) is 46.1 Å². The number of fused-ring (bicyclic) bond motifs is 1. The van der Waals surface area contributed by atoms with Crippen LogP contribution in [0.2, 0.25) is 0 Å². The summed E-state index contributed by atoms with van der Waals surface area (Å²) < 4.78 is 5.38. The molecule has 2 saturated heterocycles. The average molecular weight is 226 g/mol. The van der Waals surface area contributed by atoms with Gasteiger partial charge in [0.05, 0.1) is 0 Å². The maximum absolute atomic E-state index is 11.9. The lowest BCUT2D eigenvalue weighted by Gasteiger charge is -2.35. The zero-order valence-electron chi connectivity index (χ0n) is 10.5. The molecular formula is C12H22N2O2. The lowest BCUT2D eigenvalue weighted by molar-refractivity contribution is 0.0164. The van der Waals surface area contributed by atoms with Crippen molar-refractivity contribution in [2.24, 2.45) is 5.92 Å². The van der Waals surface area contributed by atoms with E-state index in [4.69, 9.17) is 4.74 Å². The van der Waals surface area contributed by atoms with E-state index < -0.39 is 5.60 Å². The van der Waals surface area contributed by atoms with Crippen LogP contribution in [0.3, 0.4) is 0 Å². The molecule has 2 rings (SSSR count). The third-order valence-electron chi connectivity index (χ3n) is 3.33. The third-order valence-corrected chi connectivity index (χ3v) is 3.33. The highest BCUT2D eigenvalue weighted by Crippen LogP contribution is 2.25. The van der Waals surface area contributed by atoms with Crippen LogP contribution < -0.4 is 5.32 Å². The van der Waals surface area contributed by atoms with Gasteiger partial charge in [-0.1, -0.05) is 0 Å². The minimum atomic E-state index is -0.392. The number of carbonyl (C=O) groups is 1. The van der Waals surface area contributed by atoms with E-state index in [0.29, 0.717) is 6.04 Å². The Morgan fingerprint density at radius 3 is 2.81 bits per heavy atom. The second kappa shape index (κ2) is 4.24. The molecule has 1 N–H and O–H groups in total. The number of nitrogens with one attached hydrogen (secondary N) is 1. The summed E-state index contributed by atoms with van der Waals surface area (Å²) in [6, 6.07) is 0.487. The molecule has 4 nitrogen and oxygen atoms in total. The predicted molar refractivity (Wildman–Crippen MR) is 62.3 cm³/mol. The van der Waals surface area contributed by atoms with E-state index in [0.717, 1.165) is 32.0 Å². The van der Waals surface area contributed by atoms with E-state index in [2.05, 4.69) is 5.32 Å². The minimum absolute atomic E-state index is 0.167. The van der Waals surface area contributed by atoms with Crippen LogP contribution in [-0.2, 0) is 4.74 Å². The number of piperidine rings is 1. The largest absolute Gasteiger partial charge is 0.444 e. The van der Waals surface area contributed by atoms with Gasteiger partial charge in [-0.2, -0.15) is 0 Å². The highest BCUT2D eigenvalue weighted by atomic mass is 16.6. The third kappa shape index (κ3) is 2.67. The zero-order valence-corrected chi connectivity index (χ0v) is 10.5. The van der Waals surface area contributed by atoms with E-state index in [9.17, 15) is 4.79 Å². The Bertz CT molecular complexity index is 273. The van der Waals surface area contributed by atoms with Gasteiger partial charge in [0, 0.05) is 19.1 Å². The molecule has 0 aromatic heterocycles. The van der Waals surface area contributed by atoms with E-state index in [1.165, 1.54) is 6.42 Å². The molecule has 0 spiro atoms. The second-order valence-electron chi connectivity index (χ2n) is 5.82. The SMILES string of the molecule is CC(C)(C)OC(=O)N1CC[C@H]2CCN[C@@H]2C1. The van der Waals surface area contributed by atoms with Gasteiger partial charge in [-0.15, -0.1) is 0 Å². The van der Waals surface area contributed by atoms with Crippen molar-refractivity contribution in [2.45, 2.75) is 45.3 Å². The quantitative estimate of drug-likeness (QED) is 0.682. The molecule has 2 aliphatic rings. The molecule has 0 aromatic rings. The second-order valence-corrected chi connectivity index (χ2v) is 5.82. The standard InChI is InChI=1S/C12H22N2O2/c1-12(2,3)16-11(15)14-7-5-9-4-6-13-10(9)8-14/h9-10,13H,4-8H2,1-3H3/t9-,10-/m1/s1. The van der Waals surface area contributed by atoms with Gasteiger partial charge in [-0.3, -0.25) is 0 Å². The smallest absolute Gasteiger partial charge is 0.410 e. The topological polar surface area (TPSA) is 41.6 Å². The van der Waals surface area contributed by atoms with Crippen molar-refractivity contribution >= 4 is 6.09 Å². The maximum Gasteiger partial charge on any atom is 0.410 e. The molecule has 0 saturated carbocycles. The highest BCUT2D eigenvalue weighted by molar-refractivity contribution is 5.68. The number of carbonyl (C=O) groups excluding carboxylic acids is 1. The van der Waals surface area contributed by atoms with E-state index in [1.807, 2.05) is 25.7 Å². The van der Waals surface area contributed by atoms with Crippen LogP contribution in [-0.4, -0.2) is 42.3 Å². The molecule has 1 amide bonds. The molecule has 2 atom stereocenters. The molecule has 92 valence electrons. The van der Waals surface area contributed by atoms with Gasteiger partial charge in [0.1, 0.15) is 5.60 Å². The first-order chi connectivity index (χ1) is 7.46. The number of nitrogens with zero attached hydrogens (tertiary/aromatic N) is 1. The van der Waals surface area contributed by atoms with Gasteiger partial charge < -0.3 is 15.0 Å². The molecule has 0 radical (unpaired) electrons. The van der Waals surface area contributed by atoms with Crippen molar-refractivity contribution in [3.05, 3.63) is 0 Å². The molecule has 2 fully saturated rings. The van der Waals surface area contributed by atoms with E-state index in [-0.39, 0.29) is 6.09 Å². The summed E-state index contributed by atoms with van der Waals surface area (Å²) in [5, 5.41) is 3.46. The summed E-state index contributed by atoms with van der Waals surface area (Å²) in [5.41, 5.74) is -0.392. The Balaban J connectivity index is 1.89. The Labute approximate surface area is 97.3 Å². The monoisotopic (exact) mass is 226 g/mol. The Kier molecular flexibility index (Phi) is 3.10. The van der Waals surface area contributed by atoms with Crippen LogP contribution >= 0.6 is 0 Å². The van der Waals surface area contributed by atoms with Crippen LogP contribution in [0.25, 0.3) is 0 Å². The molecule has 2 heterocycles. The Morgan fingerprint density at radius 1 is 1.38 bits per heavy atom. The fraction of sp³-hybridized carbons (Fsp3) is 0.917. The van der Waals surface area contributed by atoms with Crippen LogP contribution in [0.15, 0.2) is 0 Å². The van der Waals surface area contributed by atoms with Crippen LogP contribution in [0.5, 0.6) is 0 Å². The zero-order chi connectivity index (χ0) is 11.8. The minimum Gasteiger partial charge on any atom is -0.444 e. The number of rotatable bonds is 0. The van der Waals surface area contributed by atoms with Crippen molar-refractivity contribution in [1.82, 2.24) is 10.2 Å². The fourth-order valence-corrected chi connectivity index (χ4v) is 2.52. The van der Waals surface area contributed by atoms with Crippen molar-refractivity contribution in [1.29, 1.82) is 0 Å². The van der Waals surface area contributed by atoms with Gasteiger partial charge in [0.25, 0.3) is 0 Å². The summed E-state index contributed by atoms with van der Waals surface area (Å²) in [6.07, 6.45) is 2.20. The molecular weight excluding hydrogens is 204 g/mol. The summed E-state index contributed by atoms with van der Waals surface area (Å²) in [5.74, 6) is 0.763. The summed E-state index contributed by atoms with van der Waals surface area (Å²) in [4.78, 5) is 13.7. The van der Waals surface area contributed by atoms with Crippen molar-refractivity contribution in [2.75, 3.05) is 19.6 Å². The van der Waals surface area contributed by atoms with Crippen molar-refractivity contribution in [3.63, 3.8) is 0 Å². The van der Waals surface area contributed by atoms with Gasteiger partial charge in [-0.25, -0.2) is 4.79 Å². The molecule has 4 heteroatoms. The van der Waals surface area contributed by atoms with Gasteiger partial charge in [0.2, 0.25) is 0 Å². The summed E-state index contributed by atoms with van der Waals surface area (Å²) >= 11 is 0. The van der Waals surface area contributed by atoms with Crippen LogP contribution in [0.1, 0.15) is 33.6 Å². The Morgan fingerprint density at radius 2 is 2.12 bits per heavy atom. The van der Waals surface area contributed by atoms with E-state index >= 15 is 0 Å². The lowest BCUT2D eigenvalue weighted by Crippen LogP contribution is -2.50. The van der Waals surface area contributed by atoms with Crippen LogP contribution in [0, 0.1) is 5.92 Å². The number of likely N-dealkylation sites (tertiary alicyclic amines) is 1. The number of hydrogen-bond acceptors (Lipinski definition) is 3. The molecule has 0 unspecified atom stereocenters. The normalized spacial score (nSPS) is 30.1. The van der Waals surface area contributed by atoms with E-state index in [1.54, 1.807) is 0 Å².